The summed E-state index contributed by atoms with van der Waals surface area (Å²) in [5.41, 5.74) is -1.31. The third kappa shape index (κ3) is 6.99. The lowest BCUT2D eigenvalue weighted by Crippen LogP contribution is -2.39. The van der Waals surface area contributed by atoms with E-state index >= 15 is 0 Å². The van der Waals surface area contributed by atoms with E-state index in [1.165, 1.54) is 4.90 Å². The first-order valence-electron chi connectivity index (χ1n) is 6.67. The number of hydrogen-bond donors (Lipinski definition) is 0. The fourth-order valence-corrected chi connectivity index (χ4v) is 1.87. The second-order valence-corrected chi connectivity index (χ2v) is 6.33. The molecule has 1 amide bonds. The molecule has 1 atom stereocenters. The Morgan fingerprint density at radius 2 is 1.90 bits per heavy atom. The van der Waals surface area contributed by atoms with Crippen molar-refractivity contribution >= 4 is 6.09 Å². The lowest BCUT2D eigenvalue weighted by Gasteiger charge is -2.27. The summed E-state index contributed by atoms with van der Waals surface area (Å²) in [4.78, 5) is 13.4. The van der Waals surface area contributed by atoms with Gasteiger partial charge in [-0.15, -0.1) is 0 Å². The first-order chi connectivity index (χ1) is 9.40. The Morgan fingerprint density at radius 1 is 1.29 bits per heavy atom. The third-order valence-corrected chi connectivity index (χ3v) is 2.84. The van der Waals surface area contributed by atoms with Crippen molar-refractivity contribution in [2.24, 2.45) is 0 Å². The summed E-state index contributed by atoms with van der Waals surface area (Å²) in [7, 11) is 0. The molecule has 1 saturated heterocycles. The van der Waals surface area contributed by atoms with Gasteiger partial charge >= 0.3 is 12.3 Å². The van der Waals surface area contributed by atoms with Gasteiger partial charge in [0.25, 0.3) is 0 Å². The third-order valence-electron chi connectivity index (χ3n) is 2.84. The van der Waals surface area contributed by atoms with Crippen molar-refractivity contribution in [3.05, 3.63) is 0 Å². The van der Waals surface area contributed by atoms with E-state index in [0.717, 1.165) is 0 Å². The average molecular weight is 313 g/mol. The van der Waals surface area contributed by atoms with E-state index in [1.807, 2.05) is 0 Å². The van der Waals surface area contributed by atoms with E-state index in [1.54, 1.807) is 27.7 Å². The largest absolute Gasteiger partial charge is 0.444 e. The van der Waals surface area contributed by atoms with Crippen LogP contribution in [0.2, 0.25) is 0 Å². The van der Waals surface area contributed by atoms with E-state index in [2.05, 4.69) is 4.74 Å². The Kier molecular flexibility index (Phi) is 5.49. The molecule has 8 heteroatoms. The molecular formula is C13H22F3NO4. The first kappa shape index (κ1) is 18.0. The normalized spacial score (nSPS) is 23.5. The number of carbonyl (C=O) groups excluding carboxylic acids is 1. The Hall–Kier alpha value is -1.02. The molecule has 0 spiro atoms. The van der Waals surface area contributed by atoms with Crippen LogP contribution in [0.1, 0.15) is 34.1 Å². The quantitative estimate of drug-likeness (QED) is 0.591. The van der Waals surface area contributed by atoms with Crippen LogP contribution >= 0.6 is 0 Å². The van der Waals surface area contributed by atoms with Crippen molar-refractivity contribution in [2.45, 2.75) is 51.5 Å². The van der Waals surface area contributed by atoms with Gasteiger partial charge in [-0.2, -0.15) is 13.2 Å². The van der Waals surface area contributed by atoms with Gasteiger partial charge in [-0.25, -0.2) is 4.79 Å². The molecule has 124 valence electrons. The number of ether oxygens (including phenoxy) is 3. The molecule has 0 radical (unpaired) electrons. The van der Waals surface area contributed by atoms with Gasteiger partial charge in [0, 0.05) is 6.54 Å². The summed E-state index contributed by atoms with van der Waals surface area (Å²) in [6.07, 6.45) is -4.31. The molecule has 0 N–H and O–H groups in total. The number of rotatable bonds is 4. The second kappa shape index (κ2) is 6.39. The number of alkyl halides is 3. The van der Waals surface area contributed by atoms with Crippen LogP contribution in [0.15, 0.2) is 0 Å². The molecule has 1 unspecified atom stereocenters. The zero-order valence-corrected chi connectivity index (χ0v) is 12.7. The van der Waals surface area contributed by atoms with Crippen LogP contribution in [0, 0.1) is 0 Å². The average Bonchev–Trinajstić information content (AvgIpc) is 2.65. The maximum absolute atomic E-state index is 11.9. The van der Waals surface area contributed by atoms with Crippen LogP contribution in [0.4, 0.5) is 18.0 Å². The van der Waals surface area contributed by atoms with E-state index in [-0.39, 0.29) is 6.54 Å². The summed E-state index contributed by atoms with van der Waals surface area (Å²) in [6.45, 7) is 5.91. The Labute approximate surface area is 122 Å². The van der Waals surface area contributed by atoms with Crippen molar-refractivity contribution in [3.63, 3.8) is 0 Å². The highest BCUT2D eigenvalue weighted by Gasteiger charge is 2.39. The van der Waals surface area contributed by atoms with Gasteiger partial charge < -0.3 is 19.1 Å². The molecule has 5 nitrogen and oxygen atoms in total. The SMILES string of the molecule is CC(C)(C)OC(=O)N1CCC(C)(OCOCC(F)(F)F)C1. The molecule has 1 fully saturated rings. The minimum Gasteiger partial charge on any atom is -0.444 e. The standard InChI is InChI=1S/C13H22F3NO4/c1-11(2,3)21-10(18)17-6-5-12(4,7-17)20-9-19-8-13(14,15)16/h5-9H2,1-4H3. The molecule has 1 aliphatic rings. The monoisotopic (exact) mass is 313 g/mol. The van der Waals surface area contributed by atoms with Crippen LogP contribution in [0.5, 0.6) is 0 Å². The highest BCUT2D eigenvalue weighted by Crippen LogP contribution is 2.26. The molecular weight excluding hydrogens is 291 g/mol. The highest BCUT2D eigenvalue weighted by atomic mass is 19.4. The van der Waals surface area contributed by atoms with Gasteiger partial charge in [0.15, 0.2) is 0 Å². The lowest BCUT2D eigenvalue weighted by atomic mass is 10.1. The Balaban J connectivity index is 2.36. The maximum Gasteiger partial charge on any atom is 0.411 e. The number of halogens is 3. The molecule has 1 heterocycles. The van der Waals surface area contributed by atoms with Gasteiger partial charge in [0.05, 0.1) is 12.1 Å². The molecule has 0 aromatic rings. The first-order valence-corrected chi connectivity index (χ1v) is 6.67. The van der Waals surface area contributed by atoms with Crippen molar-refractivity contribution in [3.8, 4) is 0 Å². The number of carbonyl (C=O) groups is 1. The predicted molar refractivity (Wildman–Crippen MR) is 68.8 cm³/mol. The van der Waals surface area contributed by atoms with Gasteiger partial charge in [-0.1, -0.05) is 0 Å². The minimum atomic E-state index is -4.37. The van der Waals surface area contributed by atoms with Gasteiger partial charge in [0.2, 0.25) is 0 Å². The van der Waals surface area contributed by atoms with Gasteiger partial charge in [0.1, 0.15) is 19.0 Å². The molecule has 0 bridgehead atoms. The van der Waals surface area contributed by atoms with Crippen molar-refractivity contribution in [1.82, 2.24) is 4.90 Å². The van der Waals surface area contributed by atoms with Gasteiger partial charge in [-0.3, -0.25) is 0 Å². The maximum atomic E-state index is 11.9. The summed E-state index contributed by atoms with van der Waals surface area (Å²) in [6, 6.07) is 0. The number of likely N-dealkylation sites (tertiary alicyclic amines) is 1. The number of hydrogen-bond acceptors (Lipinski definition) is 4. The van der Waals surface area contributed by atoms with Crippen molar-refractivity contribution < 1.29 is 32.2 Å². The second-order valence-electron chi connectivity index (χ2n) is 6.33. The fourth-order valence-electron chi connectivity index (χ4n) is 1.87. The molecule has 0 aliphatic carbocycles. The zero-order chi connectivity index (χ0) is 16.3. The molecule has 1 aliphatic heterocycles. The van der Waals surface area contributed by atoms with Crippen LogP contribution in [-0.4, -0.2) is 54.9 Å². The lowest BCUT2D eigenvalue weighted by molar-refractivity contribution is -0.212. The van der Waals surface area contributed by atoms with Crippen molar-refractivity contribution in [1.29, 1.82) is 0 Å². The number of amides is 1. The van der Waals surface area contributed by atoms with Gasteiger partial charge in [-0.05, 0) is 34.1 Å². The van der Waals surface area contributed by atoms with E-state index in [9.17, 15) is 18.0 Å². The summed E-state index contributed by atoms with van der Waals surface area (Å²) >= 11 is 0. The van der Waals surface area contributed by atoms with Crippen LogP contribution in [0.25, 0.3) is 0 Å². The Bertz CT molecular complexity index is 367. The molecule has 0 saturated carbocycles. The predicted octanol–water partition coefficient (Wildman–Crippen LogP) is 2.94. The van der Waals surface area contributed by atoms with E-state index in [0.29, 0.717) is 13.0 Å². The summed E-state index contributed by atoms with van der Waals surface area (Å²) in [5, 5.41) is 0. The Morgan fingerprint density at radius 3 is 2.43 bits per heavy atom. The van der Waals surface area contributed by atoms with Crippen LogP contribution in [0.3, 0.4) is 0 Å². The van der Waals surface area contributed by atoms with Crippen molar-refractivity contribution in [2.75, 3.05) is 26.5 Å². The minimum absolute atomic E-state index is 0.261. The van der Waals surface area contributed by atoms with Crippen LogP contribution in [-0.2, 0) is 14.2 Å². The van der Waals surface area contributed by atoms with Crippen LogP contribution < -0.4 is 0 Å². The fraction of sp³-hybridized carbons (Fsp3) is 0.923. The molecule has 0 aromatic heterocycles. The number of nitrogens with zero attached hydrogens (tertiary/aromatic N) is 1. The smallest absolute Gasteiger partial charge is 0.411 e. The summed E-state index contributed by atoms with van der Waals surface area (Å²) in [5.74, 6) is 0. The van der Waals surface area contributed by atoms with E-state index < -0.39 is 36.9 Å². The zero-order valence-electron chi connectivity index (χ0n) is 12.7. The molecule has 1 rings (SSSR count). The summed E-state index contributed by atoms with van der Waals surface area (Å²) < 4.78 is 50.8. The van der Waals surface area contributed by atoms with E-state index in [4.69, 9.17) is 9.47 Å². The highest BCUT2D eigenvalue weighted by molar-refractivity contribution is 5.68. The topological polar surface area (TPSA) is 48.0 Å². The molecule has 0 aromatic carbocycles. The molecule has 21 heavy (non-hydrogen) atoms.